The summed E-state index contributed by atoms with van der Waals surface area (Å²) in [6, 6.07) is 12.0. The summed E-state index contributed by atoms with van der Waals surface area (Å²) in [7, 11) is 0. The smallest absolute Gasteiger partial charge is 0.309 e. The predicted octanol–water partition coefficient (Wildman–Crippen LogP) is 1.86. The molecule has 1 aromatic carbocycles. The lowest BCUT2D eigenvalue weighted by molar-refractivity contribution is -0.139. The third-order valence-electron chi connectivity index (χ3n) is 4.59. The van der Waals surface area contributed by atoms with E-state index in [1.807, 2.05) is 42.6 Å². The van der Waals surface area contributed by atoms with Crippen LogP contribution >= 0.6 is 11.3 Å². The summed E-state index contributed by atoms with van der Waals surface area (Å²) in [4.78, 5) is 27.8. The first-order chi connectivity index (χ1) is 13.1. The summed E-state index contributed by atoms with van der Waals surface area (Å²) in [5.74, 6) is -1.21. The number of amides is 2. The van der Waals surface area contributed by atoms with Gasteiger partial charge in [-0.25, -0.2) is 0 Å². The molecular formula is C20H25N3O3S. The molecule has 1 atom stereocenters. The molecule has 144 valence electrons. The minimum atomic E-state index is -0.609. The molecule has 0 unspecified atom stereocenters. The standard InChI is InChI=1S/C20H25N3O3S/c1-15-4-6-16(7-5-15)13-21-19(24)20(25)22-14-17(18-3-2-12-27-18)23-8-10-26-11-9-23/h2-7,12,17H,8-11,13-14H2,1H3,(H,21,24)(H,22,25)/t17-/m1/s1. The highest BCUT2D eigenvalue weighted by Gasteiger charge is 2.25. The van der Waals surface area contributed by atoms with Crippen LogP contribution in [0.3, 0.4) is 0 Å². The van der Waals surface area contributed by atoms with Crippen LogP contribution in [-0.2, 0) is 20.9 Å². The molecule has 0 aliphatic carbocycles. The van der Waals surface area contributed by atoms with Gasteiger partial charge in [-0.1, -0.05) is 35.9 Å². The van der Waals surface area contributed by atoms with Crippen molar-refractivity contribution in [1.82, 2.24) is 15.5 Å². The molecule has 1 aliphatic rings. The minimum Gasteiger partial charge on any atom is -0.379 e. The van der Waals surface area contributed by atoms with Crippen molar-refractivity contribution in [2.45, 2.75) is 19.5 Å². The number of morpholine rings is 1. The number of ether oxygens (including phenoxy) is 1. The lowest BCUT2D eigenvalue weighted by Crippen LogP contribution is -2.46. The van der Waals surface area contributed by atoms with Crippen molar-refractivity contribution < 1.29 is 14.3 Å². The first-order valence-electron chi connectivity index (χ1n) is 9.10. The molecule has 2 heterocycles. The monoisotopic (exact) mass is 387 g/mol. The lowest BCUT2D eigenvalue weighted by Gasteiger charge is -2.34. The van der Waals surface area contributed by atoms with E-state index < -0.39 is 11.8 Å². The average molecular weight is 388 g/mol. The Kier molecular flexibility index (Phi) is 6.98. The fourth-order valence-corrected chi connectivity index (χ4v) is 3.88. The van der Waals surface area contributed by atoms with Gasteiger partial charge in [-0.05, 0) is 23.9 Å². The van der Waals surface area contributed by atoms with Crippen molar-refractivity contribution in [3.63, 3.8) is 0 Å². The van der Waals surface area contributed by atoms with Crippen LogP contribution in [0.2, 0.25) is 0 Å². The average Bonchev–Trinajstić information content (AvgIpc) is 3.22. The number of benzene rings is 1. The molecule has 27 heavy (non-hydrogen) atoms. The molecule has 1 saturated heterocycles. The SMILES string of the molecule is Cc1ccc(CNC(=O)C(=O)NC[C@H](c2cccs2)N2CCOCC2)cc1. The maximum Gasteiger partial charge on any atom is 0.309 e. The van der Waals surface area contributed by atoms with Gasteiger partial charge in [-0.15, -0.1) is 11.3 Å². The molecule has 1 aromatic heterocycles. The number of nitrogens with one attached hydrogen (secondary N) is 2. The number of nitrogens with zero attached hydrogens (tertiary/aromatic N) is 1. The van der Waals surface area contributed by atoms with Crippen molar-refractivity contribution in [3.8, 4) is 0 Å². The van der Waals surface area contributed by atoms with Crippen LogP contribution in [0.5, 0.6) is 0 Å². The summed E-state index contributed by atoms with van der Waals surface area (Å²) in [6.45, 7) is 5.76. The second kappa shape index (κ2) is 9.64. The van der Waals surface area contributed by atoms with E-state index in [-0.39, 0.29) is 6.04 Å². The Bertz CT molecular complexity index is 740. The highest BCUT2D eigenvalue weighted by Crippen LogP contribution is 2.25. The topological polar surface area (TPSA) is 70.7 Å². The molecular weight excluding hydrogens is 362 g/mol. The number of rotatable bonds is 6. The molecule has 1 fully saturated rings. The zero-order chi connectivity index (χ0) is 19.1. The second-order valence-electron chi connectivity index (χ2n) is 6.56. The molecule has 1 aliphatic heterocycles. The molecule has 6 nitrogen and oxygen atoms in total. The van der Waals surface area contributed by atoms with Gasteiger partial charge in [0.05, 0.1) is 19.3 Å². The Morgan fingerprint density at radius 2 is 1.81 bits per heavy atom. The maximum atomic E-state index is 12.2. The van der Waals surface area contributed by atoms with Gasteiger partial charge in [0.1, 0.15) is 0 Å². The maximum absolute atomic E-state index is 12.2. The number of carbonyl (C=O) groups is 2. The highest BCUT2D eigenvalue weighted by atomic mass is 32.1. The molecule has 2 N–H and O–H groups in total. The van der Waals surface area contributed by atoms with Crippen LogP contribution < -0.4 is 10.6 Å². The van der Waals surface area contributed by atoms with Crippen molar-refractivity contribution in [2.24, 2.45) is 0 Å². The van der Waals surface area contributed by atoms with Crippen LogP contribution in [0.4, 0.5) is 0 Å². The predicted molar refractivity (Wildman–Crippen MR) is 105 cm³/mol. The zero-order valence-electron chi connectivity index (χ0n) is 15.4. The third-order valence-corrected chi connectivity index (χ3v) is 5.57. The molecule has 0 bridgehead atoms. The largest absolute Gasteiger partial charge is 0.379 e. The molecule has 0 radical (unpaired) electrons. The Morgan fingerprint density at radius 3 is 2.48 bits per heavy atom. The zero-order valence-corrected chi connectivity index (χ0v) is 16.3. The summed E-state index contributed by atoms with van der Waals surface area (Å²) in [6.07, 6.45) is 0. The van der Waals surface area contributed by atoms with E-state index in [1.54, 1.807) is 11.3 Å². The summed E-state index contributed by atoms with van der Waals surface area (Å²) < 4.78 is 5.42. The fraction of sp³-hybridized carbons (Fsp3) is 0.400. The van der Waals surface area contributed by atoms with E-state index in [9.17, 15) is 9.59 Å². The van der Waals surface area contributed by atoms with E-state index in [0.29, 0.717) is 26.3 Å². The van der Waals surface area contributed by atoms with Crippen LogP contribution in [0.1, 0.15) is 22.0 Å². The van der Waals surface area contributed by atoms with Gasteiger partial charge in [0.2, 0.25) is 0 Å². The molecule has 7 heteroatoms. The van der Waals surface area contributed by atoms with Crippen LogP contribution in [0.15, 0.2) is 41.8 Å². The van der Waals surface area contributed by atoms with Crippen LogP contribution in [0, 0.1) is 6.92 Å². The summed E-state index contributed by atoms with van der Waals surface area (Å²) >= 11 is 1.66. The Balaban J connectivity index is 1.52. The van der Waals surface area contributed by atoms with Crippen molar-refractivity contribution >= 4 is 23.2 Å². The van der Waals surface area contributed by atoms with Gasteiger partial charge in [0.25, 0.3) is 0 Å². The van der Waals surface area contributed by atoms with E-state index >= 15 is 0 Å². The number of carbonyl (C=O) groups excluding carboxylic acids is 2. The quantitative estimate of drug-likeness (QED) is 0.743. The number of aryl methyl sites for hydroxylation is 1. The fourth-order valence-electron chi connectivity index (χ4n) is 3.02. The van der Waals surface area contributed by atoms with Crippen molar-refractivity contribution in [1.29, 1.82) is 0 Å². The van der Waals surface area contributed by atoms with Gasteiger partial charge in [-0.2, -0.15) is 0 Å². The van der Waals surface area contributed by atoms with Gasteiger partial charge in [-0.3, -0.25) is 14.5 Å². The Hall–Kier alpha value is -2.22. The number of thiophene rings is 1. The normalized spacial score (nSPS) is 15.9. The number of hydrogen-bond acceptors (Lipinski definition) is 5. The molecule has 0 saturated carbocycles. The molecule has 2 amide bonds. The first-order valence-corrected chi connectivity index (χ1v) is 9.98. The minimum absolute atomic E-state index is 0.0581. The van der Waals surface area contributed by atoms with Crippen LogP contribution in [-0.4, -0.2) is 49.6 Å². The number of hydrogen-bond donors (Lipinski definition) is 2. The summed E-state index contributed by atoms with van der Waals surface area (Å²) in [5.41, 5.74) is 2.12. The highest BCUT2D eigenvalue weighted by molar-refractivity contribution is 7.10. The summed E-state index contributed by atoms with van der Waals surface area (Å²) in [5, 5.41) is 7.49. The lowest BCUT2D eigenvalue weighted by atomic mass is 10.1. The van der Waals surface area contributed by atoms with Gasteiger partial charge < -0.3 is 15.4 Å². The van der Waals surface area contributed by atoms with E-state index in [4.69, 9.17) is 4.74 Å². The molecule has 3 rings (SSSR count). The first kappa shape index (κ1) is 19.5. The second-order valence-corrected chi connectivity index (χ2v) is 7.54. The van der Waals surface area contributed by atoms with Crippen molar-refractivity contribution in [3.05, 3.63) is 57.8 Å². The van der Waals surface area contributed by atoms with Crippen LogP contribution in [0.25, 0.3) is 0 Å². The Morgan fingerprint density at radius 1 is 1.11 bits per heavy atom. The van der Waals surface area contributed by atoms with E-state index in [2.05, 4.69) is 21.6 Å². The van der Waals surface area contributed by atoms with Gasteiger partial charge >= 0.3 is 11.8 Å². The van der Waals surface area contributed by atoms with E-state index in [1.165, 1.54) is 4.88 Å². The van der Waals surface area contributed by atoms with E-state index in [0.717, 1.165) is 24.2 Å². The van der Waals surface area contributed by atoms with Gasteiger partial charge in [0, 0.05) is 31.1 Å². The third kappa shape index (κ3) is 5.63. The molecule has 2 aromatic rings. The van der Waals surface area contributed by atoms with Gasteiger partial charge in [0.15, 0.2) is 0 Å². The van der Waals surface area contributed by atoms with Crippen molar-refractivity contribution in [2.75, 3.05) is 32.8 Å². The Labute approximate surface area is 163 Å². The molecule has 0 spiro atoms.